The number of aliphatic hydroxyl groups excluding tert-OH is 2. The number of amides is 1. The SMILES string of the molecule is CC(=O)Nc1ncnc2c1c(C#C[Si](C)(C)C)cn2[C@@H]1OC(CO)C(O)[C@@]1(C)Cl. The average molecular weight is 437 g/mol. The monoisotopic (exact) mass is 436 g/mol. The van der Waals surface area contributed by atoms with Crippen molar-refractivity contribution >= 4 is 42.4 Å². The van der Waals surface area contributed by atoms with Crippen LogP contribution in [0.5, 0.6) is 0 Å². The van der Waals surface area contributed by atoms with Gasteiger partial charge in [-0.1, -0.05) is 25.6 Å². The molecular weight excluding hydrogens is 412 g/mol. The molecular formula is C19H25ClN4O4Si. The molecule has 1 amide bonds. The molecule has 2 unspecified atom stereocenters. The summed E-state index contributed by atoms with van der Waals surface area (Å²) in [5, 5.41) is 23.3. The second-order valence-corrected chi connectivity index (χ2v) is 13.9. The molecule has 0 aromatic carbocycles. The number of nitrogens with one attached hydrogen (secondary N) is 1. The maximum Gasteiger partial charge on any atom is 0.222 e. The fraction of sp³-hybridized carbons (Fsp3) is 0.526. The predicted octanol–water partition coefficient (Wildman–Crippen LogP) is 1.87. The van der Waals surface area contributed by atoms with E-state index in [2.05, 4.69) is 46.4 Å². The first-order valence-electron chi connectivity index (χ1n) is 9.25. The zero-order valence-electron chi connectivity index (χ0n) is 17.0. The molecule has 1 aliphatic rings. The molecule has 0 spiro atoms. The summed E-state index contributed by atoms with van der Waals surface area (Å²) in [4.78, 5) is 19.0. The third kappa shape index (κ3) is 4.17. The third-order valence-corrected chi connectivity index (χ3v) is 5.91. The summed E-state index contributed by atoms with van der Waals surface area (Å²) in [5.74, 6) is 3.27. The highest BCUT2D eigenvalue weighted by atomic mass is 35.5. The first-order valence-corrected chi connectivity index (χ1v) is 13.1. The van der Waals surface area contributed by atoms with Crippen LogP contribution < -0.4 is 5.32 Å². The van der Waals surface area contributed by atoms with Crippen molar-refractivity contribution in [3.05, 3.63) is 18.1 Å². The number of hydrogen-bond donors (Lipinski definition) is 3. The molecule has 3 heterocycles. The van der Waals surface area contributed by atoms with Crippen molar-refractivity contribution < 1.29 is 19.7 Å². The first kappa shape index (κ1) is 21.7. The molecule has 4 atom stereocenters. The highest BCUT2D eigenvalue weighted by Crippen LogP contribution is 2.45. The lowest BCUT2D eigenvalue weighted by molar-refractivity contribution is -0.114. The van der Waals surface area contributed by atoms with Gasteiger partial charge in [0, 0.05) is 13.1 Å². The minimum atomic E-state index is -1.68. The number of carbonyl (C=O) groups is 1. The molecule has 8 nitrogen and oxygen atoms in total. The van der Waals surface area contributed by atoms with Crippen LogP contribution in [0.2, 0.25) is 19.6 Å². The van der Waals surface area contributed by atoms with Gasteiger partial charge in [-0.2, -0.15) is 0 Å². The Hall–Kier alpha value is -1.96. The van der Waals surface area contributed by atoms with E-state index in [4.69, 9.17) is 16.3 Å². The van der Waals surface area contributed by atoms with Gasteiger partial charge in [0.15, 0.2) is 6.23 Å². The molecule has 29 heavy (non-hydrogen) atoms. The molecule has 0 radical (unpaired) electrons. The van der Waals surface area contributed by atoms with Gasteiger partial charge in [0.2, 0.25) is 5.91 Å². The maximum absolute atomic E-state index is 11.7. The molecule has 3 rings (SSSR count). The Bertz CT molecular complexity index is 1010. The van der Waals surface area contributed by atoms with E-state index in [-0.39, 0.29) is 12.5 Å². The van der Waals surface area contributed by atoms with E-state index in [1.54, 1.807) is 17.7 Å². The van der Waals surface area contributed by atoms with E-state index in [0.717, 1.165) is 0 Å². The summed E-state index contributed by atoms with van der Waals surface area (Å²) < 4.78 is 7.54. The van der Waals surface area contributed by atoms with E-state index in [0.29, 0.717) is 22.4 Å². The number of nitrogens with zero attached hydrogens (tertiary/aromatic N) is 3. The van der Waals surface area contributed by atoms with Crippen LogP contribution in [0, 0.1) is 11.5 Å². The molecule has 2 aromatic heterocycles. The molecule has 1 aliphatic heterocycles. The zero-order chi connectivity index (χ0) is 21.6. The fourth-order valence-electron chi connectivity index (χ4n) is 3.24. The minimum Gasteiger partial charge on any atom is -0.394 e. The van der Waals surface area contributed by atoms with Crippen molar-refractivity contribution in [2.45, 2.75) is 56.8 Å². The molecule has 1 saturated heterocycles. The second-order valence-electron chi connectivity index (χ2n) is 8.36. The summed E-state index contributed by atoms with van der Waals surface area (Å²) in [6.45, 7) is 9.06. The normalized spacial score (nSPS) is 27.0. The molecule has 156 valence electrons. The minimum absolute atomic E-state index is 0.267. The Morgan fingerprint density at radius 2 is 2.14 bits per heavy atom. The van der Waals surface area contributed by atoms with Gasteiger partial charge in [-0.15, -0.1) is 17.1 Å². The van der Waals surface area contributed by atoms with E-state index in [1.807, 2.05) is 0 Å². The lowest BCUT2D eigenvalue weighted by Gasteiger charge is -2.26. The highest BCUT2D eigenvalue weighted by Gasteiger charge is 2.53. The zero-order valence-corrected chi connectivity index (χ0v) is 18.8. The van der Waals surface area contributed by atoms with Crippen molar-refractivity contribution in [2.75, 3.05) is 11.9 Å². The second kappa shape index (κ2) is 7.70. The van der Waals surface area contributed by atoms with Crippen LogP contribution in [-0.4, -0.2) is 62.4 Å². The van der Waals surface area contributed by atoms with Crippen LogP contribution in [0.25, 0.3) is 11.0 Å². The summed E-state index contributed by atoms with van der Waals surface area (Å²) in [6.07, 6.45) is 0.370. The Morgan fingerprint density at radius 3 is 2.69 bits per heavy atom. The van der Waals surface area contributed by atoms with E-state index in [1.165, 1.54) is 13.3 Å². The number of rotatable bonds is 3. The first-order chi connectivity index (χ1) is 13.5. The largest absolute Gasteiger partial charge is 0.394 e. The van der Waals surface area contributed by atoms with Crippen LogP contribution in [0.1, 0.15) is 25.6 Å². The van der Waals surface area contributed by atoms with E-state index < -0.39 is 31.4 Å². The molecule has 3 N–H and O–H groups in total. The van der Waals surface area contributed by atoms with Crippen LogP contribution >= 0.6 is 11.6 Å². The van der Waals surface area contributed by atoms with Gasteiger partial charge in [0.1, 0.15) is 42.9 Å². The average Bonchev–Trinajstić information content (AvgIpc) is 3.08. The lowest BCUT2D eigenvalue weighted by Crippen LogP contribution is -2.39. The number of carbonyl (C=O) groups excluding carboxylic acids is 1. The van der Waals surface area contributed by atoms with Gasteiger partial charge >= 0.3 is 0 Å². The Balaban J connectivity index is 2.24. The van der Waals surface area contributed by atoms with Crippen molar-refractivity contribution in [3.8, 4) is 11.5 Å². The Morgan fingerprint density at radius 1 is 1.45 bits per heavy atom. The molecule has 0 bridgehead atoms. The molecule has 0 saturated carbocycles. The van der Waals surface area contributed by atoms with Gasteiger partial charge in [0.05, 0.1) is 17.6 Å². The summed E-state index contributed by atoms with van der Waals surface area (Å²) >= 11 is 6.63. The molecule has 0 aliphatic carbocycles. The third-order valence-electron chi connectivity index (χ3n) is 4.63. The van der Waals surface area contributed by atoms with Crippen LogP contribution in [0.15, 0.2) is 12.5 Å². The van der Waals surface area contributed by atoms with Crippen LogP contribution in [-0.2, 0) is 9.53 Å². The van der Waals surface area contributed by atoms with Crippen molar-refractivity contribution in [1.29, 1.82) is 0 Å². The van der Waals surface area contributed by atoms with Gasteiger partial charge in [0.25, 0.3) is 0 Å². The Labute approximate surface area is 175 Å². The lowest BCUT2D eigenvalue weighted by atomic mass is 10.0. The van der Waals surface area contributed by atoms with Gasteiger partial charge in [-0.25, -0.2) is 9.97 Å². The number of halogens is 1. The Kier molecular flexibility index (Phi) is 5.77. The number of alkyl halides is 1. The molecule has 1 fully saturated rings. The van der Waals surface area contributed by atoms with Crippen LogP contribution in [0.4, 0.5) is 5.82 Å². The smallest absolute Gasteiger partial charge is 0.222 e. The number of fused-ring (bicyclic) bond motifs is 1. The van der Waals surface area contributed by atoms with Crippen molar-refractivity contribution in [2.24, 2.45) is 0 Å². The summed E-state index contributed by atoms with van der Waals surface area (Å²) in [5.41, 5.74) is 4.40. The standard InChI is InChI=1S/C19H25ClN4O4Si/c1-11(26)23-16-14-12(6-7-29(3,4)5)8-24(17(14)22-10-21-16)18-19(2,20)15(27)13(9-25)28-18/h8,10,13,15,18,25,27H,9H2,1-5H3,(H,21,22,23,26)/t13?,15?,18-,19-/m1/s1. The van der Waals surface area contributed by atoms with E-state index >= 15 is 0 Å². The molecule has 10 heteroatoms. The number of ether oxygens (including phenoxy) is 1. The van der Waals surface area contributed by atoms with Crippen molar-refractivity contribution in [1.82, 2.24) is 14.5 Å². The number of aliphatic hydroxyl groups is 2. The predicted molar refractivity (Wildman–Crippen MR) is 113 cm³/mol. The fourth-order valence-corrected chi connectivity index (χ4v) is 4.04. The van der Waals surface area contributed by atoms with Crippen LogP contribution in [0.3, 0.4) is 0 Å². The molecule has 2 aromatic rings. The van der Waals surface area contributed by atoms with Gasteiger partial charge in [-0.3, -0.25) is 4.79 Å². The topological polar surface area (TPSA) is 110 Å². The van der Waals surface area contributed by atoms with Gasteiger partial charge < -0.3 is 24.8 Å². The quantitative estimate of drug-likeness (QED) is 0.385. The maximum atomic E-state index is 11.7. The summed E-state index contributed by atoms with van der Waals surface area (Å²) in [6, 6.07) is 0. The highest BCUT2D eigenvalue weighted by molar-refractivity contribution is 6.83. The van der Waals surface area contributed by atoms with Crippen molar-refractivity contribution in [3.63, 3.8) is 0 Å². The van der Waals surface area contributed by atoms with E-state index in [9.17, 15) is 15.0 Å². The summed E-state index contributed by atoms with van der Waals surface area (Å²) in [7, 11) is -1.68. The number of anilines is 1. The van der Waals surface area contributed by atoms with Gasteiger partial charge in [-0.05, 0) is 6.92 Å². The number of hydrogen-bond acceptors (Lipinski definition) is 6. The number of aromatic nitrogens is 3.